The van der Waals surface area contributed by atoms with Crippen molar-refractivity contribution in [1.29, 1.82) is 0 Å². The number of methoxy groups -OCH3 is 1. The Kier molecular flexibility index (Phi) is 5.36. The lowest BCUT2D eigenvalue weighted by molar-refractivity contribution is 0.192. The Balaban J connectivity index is 2.24. The minimum Gasteiger partial charge on any atom is -0.385 e. The van der Waals surface area contributed by atoms with Crippen molar-refractivity contribution in [3.05, 3.63) is 18.5 Å². The van der Waals surface area contributed by atoms with Crippen molar-refractivity contribution in [2.75, 3.05) is 20.3 Å². The van der Waals surface area contributed by atoms with Crippen LogP contribution in [0.5, 0.6) is 0 Å². The number of aromatic nitrogens is 2. The van der Waals surface area contributed by atoms with E-state index in [1.165, 1.54) is 0 Å². The van der Waals surface area contributed by atoms with Crippen molar-refractivity contribution >= 4 is 0 Å². The Morgan fingerprint density at radius 1 is 1.47 bits per heavy atom. The maximum atomic E-state index is 5.00. The van der Waals surface area contributed by atoms with Gasteiger partial charge < -0.3 is 10.1 Å². The summed E-state index contributed by atoms with van der Waals surface area (Å²) in [4.78, 5) is 0. The van der Waals surface area contributed by atoms with E-state index >= 15 is 0 Å². The summed E-state index contributed by atoms with van der Waals surface area (Å²) in [6, 6.07) is 2.75. The summed E-state index contributed by atoms with van der Waals surface area (Å²) >= 11 is 0. The fourth-order valence-corrected chi connectivity index (χ4v) is 1.47. The Bertz CT molecular complexity index is 248. The zero-order valence-corrected chi connectivity index (χ0v) is 9.81. The van der Waals surface area contributed by atoms with Crippen molar-refractivity contribution in [2.24, 2.45) is 0 Å². The van der Waals surface area contributed by atoms with Crippen LogP contribution in [-0.4, -0.2) is 36.1 Å². The summed E-state index contributed by atoms with van der Waals surface area (Å²) in [7, 11) is 1.73. The molecule has 0 bridgehead atoms. The summed E-state index contributed by atoms with van der Waals surface area (Å²) in [6.07, 6.45) is 4.86. The second kappa shape index (κ2) is 6.58. The SMILES string of the molecule is COCCCN[C@H](C)[C@H](C)n1cccn1. The van der Waals surface area contributed by atoms with Gasteiger partial charge in [0.2, 0.25) is 0 Å². The molecule has 0 radical (unpaired) electrons. The van der Waals surface area contributed by atoms with Crippen LogP contribution >= 0.6 is 0 Å². The highest BCUT2D eigenvalue weighted by Crippen LogP contribution is 2.08. The molecule has 1 heterocycles. The molecule has 1 aromatic rings. The predicted octanol–water partition coefficient (Wildman–Crippen LogP) is 1.46. The van der Waals surface area contributed by atoms with Gasteiger partial charge in [0.25, 0.3) is 0 Å². The van der Waals surface area contributed by atoms with Gasteiger partial charge in [0, 0.05) is 32.2 Å². The molecule has 4 heteroatoms. The van der Waals surface area contributed by atoms with Crippen LogP contribution in [0.3, 0.4) is 0 Å². The van der Waals surface area contributed by atoms with E-state index in [-0.39, 0.29) is 0 Å². The molecule has 0 unspecified atom stereocenters. The molecule has 0 aliphatic carbocycles. The molecular formula is C11H21N3O. The maximum Gasteiger partial charge on any atom is 0.0641 e. The zero-order valence-electron chi connectivity index (χ0n) is 9.81. The third-order valence-corrected chi connectivity index (χ3v) is 2.66. The largest absolute Gasteiger partial charge is 0.385 e. The molecule has 1 aromatic heterocycles. The summed E-state index contributed by atoms with van der Waals surface area (Å²) < 4.78 is 6.98. The minimum atomic E-state index is 0.377. The van der Waals surface area contributed by atoms with Crippen molar-refractivity contribution in [2.45, 2.75) is 32.4 Å². The Labute approximate surface area is 91.6 Å². The molecule has 0 amide bonds. The van der Waals surface area contributed by atoms with E-state index in [4.69, 9.17) is 4.74 Å². The number of hydrogen-bond donors (Lipinski definition) is 1. The maximum absolute atomic E-state index is 5.00. The van der Waals surface area contributed by atoms with Crippen molar-refractivity contribution in [3.63, 3.8) is 0 Å². The molecule has 0 saturated carbocycles. The molecule has 2 atom stereocenters. The molecule has 1 N–H and O–H groups in total. The molecule has 0 aliphatic heterocycles. The molecule has 0 aromatic carbocycles. The average Bonchev–Trinajstić information content (AvgIpc) is 2.76. The highest BCUT2D eigenvalue weighted by molar-refractivity contribution is 4.83. The zero-order chi connectivity index (χ0) is 11.1. The Hall–Kier alpha value is -0.870. The molecule has 86 valence electrons. The quantitative estimate of drug-likeness (QED) is 0.694. The molecule has 1 rings (SSSR count). The van der Waals surface area contributed by atoms with Crippen LogP contribution in [0.4, 0.5) is 0 Å². The van der Waals surface area contributed by atoms with Crippen LogP contribution in [-0.2, 0) is 4.74 Å². The van der Waals surface area contributed by atoms with E-state index in [0.717, 1.165) is 19.6 Å². The first-order valence-corrected chi connectivity index (χ1v) is 5.47. The highest BCUT2D eigenvalue weighted by atomic mass is 16.5. The number of rotatable bonds is 7. The smallest absolute Gasteiger partial charge is 0.0641 e. The van der Waals surface area contributed by atoms with E-state index in [1.54, 1.807) is 7.11 Å². The first kappa shape index (κ1) is 12.2. The van der Waals surface area contributed by atoms with Gasteiger partial charge >= 0.3 is 0 Å². The summed E-state index contributed by atoms with van der Waals surface area (Å²) in [5.74, 6) is 0. The first-order chi connectivity index (χ1) is 7.25. The molecule has 0 aliphatic rings. The van der Waals surface area contributed by atoms with E-state index in [0.29, 0.717) is 12.1 Å². The van der Waals surface area contributed by atoms with Crippen LogP contribution in [0.1, 0.15) is 26.3 Å². The van der Waals surface area contributed by atoms with Crippen LogP contribution in [0.25, 0.3) is 0 Å². The van der Waals surface area contributed by atoms with Crippen molar-refractivity contribution < 1.29 is 4.74 Å². The summed E-state index contributed by atoms with van der Waals surface area (Å²) in [6.45, 7) is 6.15. The van der Waals surface area contributed by atoms with E-state index < -0.39 is 0 Å². The van der Waals surface area contributed by atoms with Gasteiger partial charge in [-0.25, -0.2) is 0 Å². The number of ether oxygens (including phenoxy) is 1. The Morgan fingerprint density at radius 2 is 2.27 bits per heavy atom. The van der Waals surface area contributed by atoms with Crippen LogP contribution in [0.15, 0.2) is 18.5 Å². The normalized spacial score (nSPS) is 15.1. The number of nitrogens with zero attached hydrogens (tertiary/aromatic N) is 2. The van der Waals surface area contributed by atoms with Crippen LogP contribution in [0.2, 0.25) is 0 Å². The number of nitrogens with one attached hydrogen (secondary N) is 1. The van der Waals surface area contributed by atoms with Gasteiger partial charge in [-0.05, 0) is 32.9 Å². The van der Waals surface area contributed by atoms with Crippen molar-refractivity contribution in [1.82, 2.24) is 15.1 Å². The van der Waals surface area contributed by atoms with Crippen molar-refractivity contribution in [3.8, 4) is 0 Å². The van der Waals surface area contributed by atoms with Gasteiger partial charge in [-0.15, -0.1) is 0 Å². The lowest BCUT2D eigenvalue weighted by atomic mass is 10.1. The fraction of sp³-hybridized carbons (Fsp3) is 0.727. The molecule has 4 nitrogen and oxygen atoms in total. The van der Waals surface area contributed by atoms with Crippen LogP contribution in [0, 0.1) is 0 Å². The van der Waals surface area contributed by atoms with E-state index in [1.807, 2.05) is 23.1 Å². The standard InChI is InChI=1S/C11H21N3O/c1-10(12-6-5-9-15-3)11(2)14-8-4-7-13-14/h4,7-8,10-12H,5-6,9H2,1-3H3/t10-,11+/m1/s1. The summed E-state index contributed by atoms with van der Waals surface area (Å²) in [5, 5.41) is 7.70. The van der Waals surface area contributed by atoms with E-state index in [9.17, 15) is 0 Å². The van der Waals surface area contributed by atoms with Gasteiger partial charge in [0.15, 0.2) is 0 Å². The molecule has 0 saturated heterocycles. The topological polar surface area (TPSA) is 39.1 Å². The third-order valence-electron chi connectivity index (χ3n) is 2.66. The average molecular weight is 211 g/mol. The van der Waals surface area contributed by atoms with Gasteiger partial charge in [-0.2, -0.15) is 5.10 Å². The summed E-state index contributed by atoms with van der Waals surface area (Å²) in [5.41, 5.74) is 0. The lowest BCUT2D eigenvalue weighted by Gasteiger charge is -2.21. The highest BCUT2D eigenvalue weighted by Gasteiger charge is 2.12. The molecule has 0 fully saturated rings. The predicted molar refractivity (Wildman–Crippen MR) is 60.9 cm³/mol. The van der Waals surface area contributed by atoms with Gasteiger partial charge in [0.05, 0.1) is 6.04 Å². The molecule has 15 heavy (non-hydrogen) atoms. The third kappa shape index (κ3) is 4.01. The van der Waals surface area contributed by atoms with E-state index in [2.05, 4.69) is 24.3 Å². The first-order valence-electron chi connectivity index (χ1n) is 5.47. The monoisotopic (exact) mass is 211 g/mol. The number of hydrogen-bond acceptors (Lipinski definition) is 3. The molecular weight excluding hydrogens is 190 g/mol. The van der Waals surface area contributed by atoms with Crippen LogP contribution < -0.4 is 5.32 Å². The van der Waals surface area contributed by atoms with Gasteiger partial charge in [-0.3, -0.25) is 4.68 Å². The van der Waals surface area contributed by atoms with Gasteiger partial charge in [0.1, 0.15) is 0 Å². The minimum absolute atomic E-state index is 0.377. The lowest BCUT2D eigenvalue weighted by Crippen LogP contribution is -2.34. The molecule has 0 spiro atoms. The second-order valence-corrected chi connectivity index (χ2v) is 3.82. The fourth-order valence-electron chi connectivity index (χ4n) is 1.47. The second-order valence-electron chi connectivity index (χ2n) is 3.82. The Morgan fingerprint density at radius 3 is 2.87 bits per heavy atom. The van der Waals surface area contributed by atoms with Gasteiger partial charge in [-0.1, -0.05) is 0 Å².